The van der Waals surface area contributed by atoms with Crippen molar-refractivity contribution in [2.75, 3.05) is 7.05 Å². The fourth-order valence-electron chi connectivity index (χ4n) is 1.83. The van der Waals surface area contributed by atoms with Gasteiger partial charge in [-0.1, -0.05) is 29.8 Å². The molecule has 0 bridgehead atoms. The normalized spacial score (nSPS) is 12.6. The first-order valence-corrected chi connectivity index (χ1v) is 5.54. The van der Waals surface area contributed by atoms with Crippen LogP contribution in [0.25, 0.3) is 0 Å². The van der Waals surface area contributed by atoms with E-state index in [1.807, 2.05) is 13.1 Å². The number of benzene rings is 1. The first-order chi connectivity index (χ1) is 7.79. The summed E-state index contributed by atoms with van der Waals surface area (Å²) in [5.74, 6) is 0. The molecule has 2 rings (SSSR count). The predicted octanol–water partition coefficient (Wildman–Crippen LogP) is 3.09. The number of hydrogen-bond acceptors (Lipinski definition) is 2. The highest BCUT2D eigenvalue weighted by atomic mass is 16.3. The molecule has 0 spiro atoms. The van der Waals surface area contributed by atoms with Gasteiger partial charge >= 0.3 is 0 Å². The summed E-state index contributed by atoms with van der Waals surface area (Å²) < 4.78 is 5.09. The molecule has 1 aromatic heterocycles. The molecule has 0 amide bonds. The van der Waals surface area contributed by atoms with Crippen LogP contribution < -0.4 is 5.32 Å². The van der Waals surface area contributed by atoms with Crippen LogP contribution in [0, 0.1) is 6.92 Å². The van der Waals surface area contributed by atoms with Crippen LogP contribution in [0.1, 0.15) is 22.7 Å². The topological polar surface area (TPSA) is 25.2 Å². The van der Waals surface area contributed by atoms with E-state index in [-0.39, 0.29) is 0 Å². The van der Waals surface area contributed by atoms with Crippen molar-refractivity contribution in [1.29, 1.82) is 0 Å². The highest BCUT2D eigenvalue weighted by molar-refractivity contribution is 5.25. The predicted molar refractivity (Wildman–Crippen MR) is 65.4 cm³/mol. The molecule has 1 heterocycles. The van der Waals surface area contributed by atoms with Crippen LogP contribution in [0.2, 0.25) is 0 Å². The van der Waals surface area contributed by atoms with Crippen LogP contribution in [0.3, 0.4) is 0 Å². The van der Waals surface area contributed by atoms with Gasteiger partial charge in [-0.3, -0.25) is 0 Å². The van der Waals surface area contributed by atoms with Gasteiger partial charge in [-0.05, 0) is 37.6 Å². The summed E-state index contributed by atoms with van der Waals surface area (Å²) in [7, 11) is 1.99. The van der Waals surface area contributed by atoms with Gasteiger partial charge in [0.25, 0.3) is 0 Å². The van der Waals surface area contributed by atoms with Gasteiger partial charge in [0.15, 0.2) is 0 Å². The van der Waals surface area contributed by atoms with Gasteiger partial charge in [-0.15, -0.1) is 0 Å². The van der Waals surface area contributed by atoms with Gasteiger partial charge in [0, 0.05) is 6.04 Å². The van der Waals surface area contributed by atoms with Gasteiger partial charge in [-0.2, -0.15) is 0 Å². The van der Waals surface area contributed by atoms with Gasteiger partial charge < -0.3 is 9.73 Å². The summed E-state index contributed by atoms with van der Waals surface area (Å²) in [6, 6.07) is 11.0. The molecule has 0 saturated heterocycles. The number of aryl methyl sites for hydroxylation is 1. The molecule has 1 unspecified atom stereocenters. The van der Waals surface area contributed by atoms with E-state index in [1.54, 1.807) is 12.5 Å². The summed E-state index contributed by atoms with van der Waals surface area (Å²) in [6.45, 7) is 2.11. The highest BCUT2D eigenvalue weighted by Crippen LogP contribution is 2.18. The van der Waals surface area contributed by atoms with Crippen molar-refractivity contribution in [2.45, 2.75) is 19.4 Å². The largest absolute Gasteiger partial charge is 0.472 e. The minimum atomic E-state index is 0.346. The Labute approximate surface area is 96.3 Å². The fraction of sp³-hybridized carbons (Fsp3) is 0.286. The van der Waals surface area contributed by atoms with E-state index >= 15 is 0 Å². The van der Waals surface area contributed by atoms with Gasteiger partial charge in [-0.25, -0.2) is 0 Å². The van der Waals surface area contributed by atoms with E-state index in [1.165, 1.54) is 16.7 Å². The molecule has 1 N–H and O–H groups in total. The molecule has 0 saturated carbocycles. The minimum Gasteiger partial charge on any atom is -0.472 e. The van der Waals surface area contributed by atoms with Crippen molar-refractivity contribution in [1.82, 2.24) is 5.32 Å². The maximum Gasteiger partial charge on any atom is 0.0935 e. The number of hydrogen-bond donors (Lipinski definition) is 1. The minimum absolute atomic E-state index is 0.346. The molecule has 0 aliphatic heterocycles. The molecular formula is C14H17NO. The monoisotopic (exact) mass is 215 g/mol. The zero-order chi connectivity index (χ0) is 11.4. The lowest BCUT2D eigenvalue weighted by Crippen LogP contribution is -2.18. The molecule has 0 aliphatic rings. The van der Waals surface area contributed by atoms with Crippen molar-refractivity contribution >= 4 is 0 Å². The number of furan rings is 1. The quantitative estimate of drug-likeness (QED) is 0.847. The first-order valence-electron chi connectivity index (χ1n) is 5.54. The van der Waals surface area contributed by atoms with Gasteiger partial charge in [0.05, 0.1) is 12.5 Å². The van der Waals surface area contributed by atoms with Crippen molar-refractivity contribution in [3.63, 3.8) is 0 Å². The van der Waals surface area contributed by atoms with Crippen molar-refractivity contribution in [3.05, 3.63) is 59.5 Å². The van der Waals surface area contributed by atoms with Crippen LogP contribution in [0.15, 0.2) is 47.3 Å². The molecule has 0 fully saturated rings. The van der Waals surface area contributed by atoms with Crippen LogP contribution in [-0.4, -0.2) is 7.05 Å². The van der Waals surface area contributed by atoms with Crippen LogP contribution in [0.5, 0.6) is 0 Å². The van der Waals surface area contributed by atoms with Crippen molar-refractivity contribution in [2.24, 2.45) is 0 Å². The lowest BCUT2D eigenvalue weighted by Gasteiger charge is -2.15. The molecule has 0 radical (unpaired) electrons. The maximum absolute atomic E-state index is 5.09. The van der Waals surface area contributed by atoms with Crippen molar-refractivity contribution < 1.29 is 4.42 Å². The Morgan fingerprint density at radius 1 is 1.19 bits per heavy atom. The average molecular weight is 215 g/mol. The Morgan fingerprint density at radius 3 is 2.50 bits per heavy atom. The Morgan fingerprint density at radius 2 is 1.94 bits per heavy atom. The molecule has 2 aromatic rings. The third-order valence-corrected chi connectivity index (χ3v) is 2.85. The van der Waals surface area contributed by atoms with Crippen LogP contribution in [-0.2, 0) is 6.42 Å². The molecule has 0 aliphatic carbocycles. The summed E-state index contributed by atoms with van der Waals surface area (Å²) >= 11 is 0. The van der Waals surface area contributed by atoms with Gasteiger partial charge in [0.2, 0.25) is 0 Å². The lowest BCUT2D eigenvalue weighted by molar-refractivity contribution is 0.551. The van der Waals surface area contributed by atoms with E-state index in [0.717, 1.165) is 6.42 Å². The molecular weight excluding hydrogens is 198 g/mol. The van der Waals surface area contributed by atoms with E-state index in [2.05, 4.69) is 36.5 Å². The summed E-state index contributed by atoms with van der Waals surface area (Å²) in [6.07, 6.45) is 4.48. The Balaban J connectivity index is 2.13. The SMILES string of the molecule is CNC(Cc1ccoc1)c1ccc(C)cc1. The third-order valence-electron chi connectivity index (χ3n) is 2.85. The third kappa shape index (κ3) is 2.52. The molecule has 1 atom stereocenters. The summed E-state index contributed by atoms with van der Waals surface area (Å²) in [4.78, 5) is 0. The average Bonchev–Trinajstić information content (AvgIpc) is 2.80. The Bertz CT molecular complexity index is 417. The second-order valence-electron chi connectivity index (χ2n) is 4.09. The zero-order valence-corrected chi connectivity index (χ0v) is 9.73. The van der Waals surface area contributed by atoms with E-state index in [0.29, 0.717) is 6.04 Å². The van der Waals surface area contributed by atoms with E-state index in [4.69, 9.17) is 4.42 Å². The Hall–Kier alpha value is -1.54. The second-order valence-corrected chi connectivity index (χ2v) is 4.09. The number of rotatable bonds is 4. The molecule has 1 aromatic carbocycles. The molecule has 2 heteroatoms. The van der Waals surface area contributed by atoms with Crippen LogP contribution in [0.4, 0.5) is 0 Å². The highest BCUT2D eigenvalue weighted by Gasteiger charge is 2.10. The first kappa shape index (κ1) is 11.0. The fourth-order valence-corrected chi connectivity index (χ4v) is 1.83. The smallest absolute Gasteiger partial charge is 0.0935 e. The number of likely N-dealkylation sites (N-methyl/N-ethyl adjacent to an activating group) is 1. The van der Waals surface area contributed by atoms with E-state index < -0.39 is 0 Å². The lowest BCUT2D eigenvalue weighted by atomic mass is 10.00. The van der Waals surface area contributed by atoms with E-state index in [9.17, 15) is 0 Å². The molecule has 16 heavy (non-hydrogen) atoms. The summed E-state index contributed by atoms with van der Waals surface area (Å²) in [5, 5.41) is 3.33. The van der Waals surface area contributed by atoms with Gasteiger partial charge in [0.1, 0.15) is 0 Å². The summed E-state index contributed by atoms with van der Waals surface area (Å²) in [5.41, 5.74) is 3.83. The Kier molecular flexibility index (Phi) is 3.42. The molecule has 2 nitrogen and oxygen atoms in total. The number of nitrogens with one attached hydrogen (secondary N) is 1. The zero-order valence-electron chi connectivity index (χ0n) is 9.73. The van der Waals surface area contributed by atoms with Crippen LogP contribution >= 0.6 is 0 Å². The second kappa shape index (κ2) is 4.99. The maximum atomic E-state index is 5.09. The standard InChI is InChI=1S/C14H17NO/c1-11-3-5-13(6-4-11)14(15-2)9-12-7-8-16-10-12/h3-8,10,14-15H,9H2,1-2H3. The van der Waals surface area contributed by atoms with Crippen molar-refractivity contribution in [3.8, 4) is 0 Å². The molecule has 84 valence electrons.